The molecule has 0 atom stereocenters. The van der Waals surface area contributed by atoms with Crippen LogP contribution in [0.3, 0.4) is 0 Å². The Morgan fingerprint density at radius 2 is 2.03 bits per heavy atom. The molecule has 1 N–H and O–H groups in total. The molecule has 4 rings (SSSR count). The molecule has 3 aromatic rings. The summed E-state index contributed by atoms with van der Waals surface area (Å²) in [5, 5.41) is 10.9. The lowest BCUT2D eigenvalue weighted by Gasteiger charge is -2.12. The molecular formula is C21H19FN6O3S2. The van der Waals surface area contributed by atoms with Crippen LogP contribution in [0, 0.1) is 19.7 Å². The van der Waals surface area contributed by atoms with E-state index in [1.807, 2.05) is 19.9 Å². The van der Waals surface area contributed by atoms with Crippen molar-refractivity contribution in [2.24, 2.45) is 0 Å². The number of halogens is 1. The Morgan fingerprint density at radius 3 is 2.82 bits per heavy atom. The number of imide groups is 1. The summed E-state index contributed by atoms with van der Waals surface area (Å²) >= 11 is 1.96. The van der Waals surface area contributed by atoms with E-state index >= 15 is 0 Å². The molecule has 1 fully saturated rings. The second-order valence-corrected chi connectivity index (χ2v) is 9.09. The zero-order chi connectivity index (χ0) is 23.5. The molecule has 0 saturated carbocycles. The molecule has 1 aliphatic rings. The van der Waals surface area contributed by atoms with Gasteiger partial charge in [0.25, 0.3) is 16.9 Å². The monoisotopic (exact) mass is 486 g/mol. The normalized spacial score (nSPS) is 15.1. The maximum Gasteiger partial charge on any atom is 0.293 e. The van der Waals surface area contributed by atoms with Crippen LogP contribution in [0.4, 0.5) is 9.18 Å². The van der Waals surface area contributed by atoms with Gasteiger partial charge in [0.05, 0.1) is 10.7 Å². The SMILES string of the molecule is Cc1cc(C)n2c(SCC(=O)NCCN3C(=O)S/C(=C\c4ccccc4F)C3=O)nnc2n1. The van der Waals surface area contributed by atoms with Crippen molar-refractivity contribution < 1.29 is 18.8 Å². The van der Waals surface area contributed by atoms with Gasteiger partial charge in [-0.05, 0) is 43.8 Å². The zero-order valence-corrected chi connectivity index (χ0v) is 19.4. The highest BCUT2D eigenvalue weighted by Crippen LogP contribution is 2.32. The van der Waals surface area contributed by atoms with Crippen molar-refractivity contribution in [1.29, 1.82) is 0 Å². The van der Waals surface area contributed by atoms with E-state index in [4.69, 9.17) is 0 Å². The van der Waals surface area contributed by atoms with Crippen LogP contribution in [-0.2, 0) is 9.59 Å². The van der Waals surface area contributed by atoms with Gasteiger partial charge in [-0.25, -0.2) is 9.37 Å². The lowest BCUT2D eigenvalue weighted by molar-refractivity contribution is -0.123. The zero-order valence-electron chi connectivity index (χ0n) is 17.7. The van der Waals surface area contributed by atoms with E-state index in [-0.39, 0.29) is 35.2 Å². The van der Waals surface area contributed by atoms with Crippen LogP contribution in [0.15, 0.2) is 40.4 Å². The van der Waals surface area contributed by atoms with Crippen LogP contribution in [0.25, 0.3) is 11.9 Å². The predicted molar refractivity (Wildman–Crippen MR) is 123 cm³/mol. The minimum absolute atomic E-state index is 0.0197. The van der Waals surface area contributed by atoms with Crippen molar-refractivity contribution in [3.63, 3.8) is 0 Å². The number of aromatic nitrogens is 4. The number of hydrogen-bond donors (Lipinski definition) is 1. The Labute approximate surface area is 196 Å². The standard InChI is InChI=1S/C21H19FN6O3S2/c1-12-9-13(2)28-19(24-12)25-26-20(28)32-11-17(29)23-7-8-27-18(30)16(33-21(27)31)10-14-5-3-4-6-15(14)22/h3-6,9-10H,7-8,11H2,1-2H3,(H,23,29)/b16-10-. The van der Waals surface area contributed by atoms with Crippen LogP contribution < -0.4 is 5.32 Å². The molecule has 0 unspecified atom stereocenters. The fourth-order valence-electron chi connectivity index (χ4n) is 3.21. The number of rotatable bonds is 7. The van der Waals surface area contributed by atoms with E-state index in [1.54, 1.807) is 16.5 Å². The van der Waals surface area contributed by atoms with E-state index < -0.39 is 17.0 Å². The lowest BCUT2D eigenvalue weighted by atomic mass is 10.2. The van der Waals surface area contributed by atoms with Gasteiger partial charge in [-0.2, -0.15) is 0 Å². The molecule has 1 saturated heterocycles. The molecule has 12 heteroatoms. The van der Waals surface area contributed by atoms with Gasteiger partial charge in [-0.3, -0.25) is 23.7 Å². The number of hydrogen-bond acceptors (Lipinski definition) is 8. The van der Waals surface area contributed by atoms with Crippen LogP contribution in [0.1, 0.15) is 17.0 Å². The third-order valence-corrected chi connectivity index (χ3v) is 6.55. The maximum absolute atomic E-state index is 13.8. The van der Waals surface area contributed by atoms with Crippen LogP contribution >= 0.6 is 23.5 Å². The smallest absolute Gasteiger partial charge is 0.293 e. The summed E-state index contributed by atoms with van der Waals surface area (Å²) in [5.41, 5.74) is 1.97. The van der Waals surface area contributed by atoms with Crippen molar-refractivity contribution in [2.75, 3.05) is 18.8 Å². The Hall–Kier alpha value is -3.25. The average Bonchev–Trinajstić information content (AvgIpc) is 3.29. The molecule has 2 aromatic heterocycles. The lowest BCUT2D eigenvalue weighted by Crippen LogP contribution is -2.37. The fraction of sp³-hybridized carbons (Fsp3) is 0.238. The molecule has 1 aromatic carbocycles. The van der Waals surface area contributed by atoms with Crippen molar-refractivity contribution in [3.8, 4) is 0 Å². The number of fused-ring (bicyclic) bond motifs is 1. The van der Waals surface area contributed by atoms with Gasteiger partial charge in [0.2, 0.25) is 5.91 Å². The highest BCUT2D eigenvalue weighted by molar-refractivity contribution is 8.18. The van der Waals surface area contributed by atoms with Gasteiger partial charge >= 0.3 is 0 Å². The second kappa shape index (κ2) is 9.71. The predicted octanol–water partition coefficient (Wildman–Crippen LogP) is 2.83. The van der Waals surface area contributed by atoms with Crippen molar-refractivity contribution in [1.82, 2.24) is 29.8 Å². The Morgan fingerprint density at radius 1 is 1.24 bits per heavy atom. The summed E-state index contributed by atoms with van der Waals surface area (Å²) in [7, 11) is 0. The fourth-order valence-corrected chi connectivity index (χ4v) is 4.88. The van der Waals surface area contributed by atoms with Crippen molar-refractivity contribution in [3.05, 3.63) is 58.0 Å². The topological polar surface area (TPSA) is 110 Å². The largest absolute Gasteiger partial charge is 0.354 e. The number of carbonyl (C=O) groups excluding carboxylic acids is 3. The number of thioether (sulfide) groups is 2. The number of nitrogens with one attached hydrogen (secondary N) is 1. The van der Waals surface area contributed by atoms with E-state index in [9.17, 15) is 18.8 Å². The number of amides is 3. The first-order valence-electron chi connectivity index (χ1n) is 9.92. The van der Waals surface area contributed by atoms with Crippen LogP contribution in [-0.4, -0.2) is 60.4 Å². The van der Waals surface area contributed by atoms with Crippen LogP contribution in [0.5, 0.6) is 0 Å². The molecule has 1 aliphatic heterocycles. The summed E-state index contributed by atoms with van der Waals surface area (Å²) < 4.78 is 15.6. The number of aryl methyl sites for hydroxylation is 2. The van der Waals surface area contributed by atoms with Gasteiger partial charge in [0.1, 0.15) is 5.82 Å². The number of nitrogens with zero attached hydrogens (tertiary/aromatic N) is 5. The minimum Gasteiger partial charge on any atom is -0.354 e. The van der Waals surface area contributed by atoms with E-state index in [2.05, 4.69) is 20.5 Å². The minimum atomic E-state index is -0.509. The first-order valence-corrected chi connectivity index (χ1v) is 11.7. The summed E-state index contributed by atoms with van der Waals surface area (Å²) in [6.45, 7) is 3.90. The molecule has 3 heterocycles. The molecule has 0 bridgehead atoms. The molecule has 0 spiro atoms. The first-order chi connectivity index (χ1) is 15.8. The highest BCUT2D eigenvalue weighted by Gasteiger charge is 2.34. The van der Waals surface area contributed by atoms with Crippen molar-refractivity contribution >= 4 is 52.4 Å². The maximum atomic E-state index is 13.8. The summed E-state index contributed by atoms with van der Waals surface area (Å²) in [6.07, 6.45) is 1.36. The first kappa shape index (κ1) is 22.9. The number of benzene rings is 1. The molecule has 9 nitrogen and oxygen atoms in total. The highest BCUT2D eigenvalue weighted by atomic mass is 32.2. The Balaban J connectivity index is 1.30. The van der Waals surface area contributed by atoms with Crippen molar-refractivity contribution in [2.45, 2.75) is 19.0 Å². The molecule has 170 valence electrons. The molecule has 3 amide bonds. The van der Waals surface area contributed by atoms with E-state index in [1.165, 1.54) is 30.0 Å². The van der Waals surface area contributed by atoms with Gasteiger partial charge < -0.3 is 5.32 Å². The third kappa shape index (κ3) is 5.06. The quantitative estimate of drug-likeness (QED) is 0.401. The molecule has 0 radical (unpaired) electrons. The van der Waals surface area contributed by atoms with Gasteiger partial charge in [-0.1, -0.05) is 30.0 Å². The summed E-state index contributed by atoms with van der Waals surface area (Å²) in [5.74, 6) is -0.703. The summed E-state index contributed by atoms with van der Waals surface area (Å²) in [6, 6.07) is 7.90. The van der Waals surface area contributed by atoms with Crippen LogP contribution in [0.2, 0.25) is 0 Å². The van der Waals surface area contributed by atoms with Gasteiger partial charge in [0, 0.05) is 30.0 Å². The molecular weight excluding hydrogens is 467 g/mol. The molecule has 0 aliphatic carbocycles. The Kier molecular flexibility index (Phi) is 6.75. The molecule has 33 heavy (non-hydrogen) atoms. The summed E-state index contributed by atoms with van der Waals surface area (Å²) in [4.78, 5) is 42.5. The third-order valence-electron chi connectivity index (χ3n) is 4.72. The second-order valence-electron chi connectivity index (χ2n) is 7.15. The average molecular weight is 487 g/mol. The van der Waals surface area contributed by atoms with Gasteiger partial charge in [0.15, 0.2) is 5.16 Å². The Bertz CT molecular complexity index is 1290. The van der Waals surface area contributed by atoms with E-state index in [0.29, 0.717) is 10.9 Å². The van der Waals surface area contributed by atoms with E-state index in [0.717, 1.165) is 28.0 Å². The number of carbonyl (C=O) groups is 3. The van der Waals surface area contributed by atoms with Gasteiger partial charge in [-0.15, -0.1) is 10.2 Å².